The predicted octanol–water partition coefficient (Wildman–Crippen LogP) is 1.72. The first-order valence-electron chi connectivity index (χ1n) is 6.08. The maximum atomic E-state index is 11.8. The molecular weight excluding hydrogens is 329 g/mol. The van der Waals surface area contributed by atoms with Gasteiger partial charge in [-0.1, -0.05) is 6.42 Å². The minimum absolute atomic E-state index is 0.0825. The maximum Gasteiger partial charge on any atom is 0.266 e. The Morgan fingerprint density at radius 1 is 1.53 bits per heavy atom. The summed E-state index contributed by atoms with van der Waals surface area (Å²) in [6.45, 7) is 1.96. The number of nitrogens with zero attached hydrogens (tertiary/aromatic N) is 3. The molecule has 0 spiro atoms. The molecule has 5 heteroatoms. The van der Waals surface area contributed by atoms with Gasteiger partial charge in [-0.3, -0.25) is 9.36 Å². The van der Waals surface area contributed by atoms with Gasteiger partial charge in [-0.05, 0) is 55.4 Å². The number of piperidine rings is 1. The van der Waals surface area contributed by atoms with E-state index in [-0.39, 0.29) is 5.56 Å². The number of aryl methyl sites for hydroxylation is 1. The summed E-state index contributed by atoms with van der Waals surface area (Å²) in [7, 11) is 2.18. The Hall–Kier alpha value is -0.430. The molecule has 1 atom stereocenters. The van der Waals surface area contributed by atoms with Crippen molar-refractivity contribution < 1.29 is 0 Å². The molecule has 4 nitrogen and oxygen atoms in total. The van der Waals surface area contributed by atoms with E-state index in [9.17, 15) is 4.79 Å². The maximum absolute atomic E-state index is 11.8. The van der Waals surface area contributed by atoms with Crippen molar-refractivity contribution in [2.45, 2.75) is 38.3 Å². The molecule has 94 valence electrons. The molecule has 1 saturated heterocycles. The topological polar surface area (TPSA) is 38.1 Å². The van der Waals surface area contributed by atoms with Gasteiger partial charge in [0.15, 0.2) is 0 Å². The smallest absolute Gasteiger partial charge is 0.266 e. The van der Waals surface area contributed by atoms with Gasteiger partial charge >= 0.3 is 0 Å². The van der Waals surface area contributed by atoms with Crippen LogP contribution in [0.25, 0.3) is 0 Å². The van der Waals surface area contributed by atoms with Crippen molar-refractivity contribution in [3.63, 3.8) is 0 Å². The number of likely N-dealkylation sites (tertiary alicyclic amines) is 1. The zero-order valence-electron chi connectivity index (χ0n) is 10.1. The highest BCUT2D eigenvalue weighted by Crippen LogP contribution is 2.17. The van der Waals surface area contributed by atoms with Crippen LogP contribution in [0.1, 0.15) is 25.7 Å². The fourth-order valence-corrected chi connectivity index (χ4v) is 2.85. The molecule has 17 heavy (non-hydrogen) atoms. The van der Waals surface area contributed by atoms with Crippen LogP contribution in [-0.4, -0.2) is 34.1 Å². The van der Waals surface area contributed by atoms with Gasteiger partial charge in [0.2, 0.25) is 0 Å². The SMILES string of the molecule is CN1CCCCC1CCn1cncc(I)c1=O. The fraction of sp³-hybridized carbons (Fsp3) is 0.667. The molecule has 1 aliphatic heterocycles. The Kier molecular flexibility index (Phi) is 4.55. The van der Waals surface area contributed by atoms with Crippen molar-refractivity contribution in [2.24, 2.45) is 0 Å². The van der Waals surface area contributed by atoms with Crippen LogP contribution in [0.5, 0.6) is 0 Å². The third-order valence-corrected chi connectivity index (χ3v) is 4.22. The Labute approximate surface area is 115 Å². The molecule has 2 rings (SSSR count). The molecule has 1 aromatic rings. The number of hydrogen-bond donors (Lipinski definition) is 0. The molecule has 1 aromatic heterocycles. The highest BCUT2D eigenvalue weighted by atomic mass is 127. The van der Waals surface area contributed by atoms with Crippen LogP contribution in [0.15, 0.2) is 17.3 Å². The third kappa shape index (κ3) is 3.28. The van der Waals surface area contributed by atoms with Crippen LogP contribution in [0, 0.1) is 3.57 Å². The quantitative estimate of drug-likeness (QED) is 0.782. The number of halogens is 1. The second kappa shape index (κ2) is 5.95. The summed E-state index contributed by atoms with van der Waals surface area (Å²) in [5.41, 5.74) is 0.0825. The largest absolute Gasteiger partial charge is 0.303 e. The Bertz CT molecular complexity index is 432. The lowest BCUT2D eigenvalue weighted by Gasteiger charge is -2.32. The van der Waals surface area contributed by atoms with E-state index < -0.39 is 0 Å². The second-order valence-electron chi connectivity index (χ2n) is 4.66. The van der Waals surface area contributed by atoms with Crippen LogP contribution in [0.2, 0.25) is 0 Å². The van der Waals surface area contributed by atoms with Crippen molar-refractivity contribution in [1.82, 2.24) is 14.5 Å². The van der Waals surface area contributed by atoms with Gasteiger partial charge in [-0.25, -0.2) is 4.98 Å². The summed E-state index contributed by atoms with van der Waals surface area (Å²) in [6.07, 6.45) is 8.17. The van der Waals surface area contributed by atoms with Crippen molar-refractivity contribution in [3.05, 3.63) is 26.4 Å². The lowest BCUT2D eigenvalue weighted by Crippen LogP contribution is -2.37. The minimum Gasteiger partial charge on any atom is -0.303 e. The average Bonchev–Trinajstić information content (AvgIpc) is 2.33. The molecule has 0 amide bonds. The lowest BCUT2D eigenvalue weighted by molar-refractivity contribution is 0.170. The van der Waals surface area contributed by atoms with E-state index in [2.05, 4.69) is 16.9 Å². The van der Waals surface area contributed by atoms with E-state index in [1.54, 1.807) is 17.1 Å². The van der Waals surface area contributed by atoms with Crippen LogP contribution in [0.3, 0.4) is 0 Å². The minimum atomic E-state index is 0.0825. The van der Waals surface area contributed by atoms with E-state index in [4.69, 9.17) is 0 Å². The molecule has 1 fully saturated rings. The van der Waals surface area contributed by atoms with Gasteiger partial charge in [-0.2, -0.15) is 0 Å². The monoisotopic (exact) mass is 347 g/mol. The normalized spacial score (nSPS) is 21.6. The van der Waals surface area contributed by atoms with E-state index in [1.165, 1.54) is 25.8 Å². The predicted molar refractivity (Wildman–Crippen MR) is 76.1 cm³/mol. The fourth-order valence-electron chi connectivity index (χ4n) is 2.38. The zero-order valence-corrected chi connectivity index (χ0v) is 12.3. The summed E-state index contributed by atoms with van der Waals surface area (Å²) in [6, 6.07) is 0.619. The molecule has 0 bridgehead atoms. The molecule has 2 heterocycles. The summed E-state index contributed by atoms with van der Waals surface area (Å²) in [5.74, 6) is 0. The average molecular weight is 347 g/mol. The standard InChI is InChI=1S/C12H18IN3O/c1-15-6-3-2-4-10(15)5-7-16-9-14-8-11(13)12(16)17/h8-10H,2-7H2,1H3. The van der Waals surface area contributed by atoms with Gasteiger partial charge < -0.3 is 4.90 Å². The molecular formula is C12H18IN3O. The van der Waals surface area contributed by atoms with Gasteiger partial charge in [0, 0.05) is 18.8 Å². The lowest BCUT2D eigenvalue weighted by atomic mass is 10.0. The number of hydrogen-bond acceptors (Lipinski definition) is 3. The molecule has 0 N–H and O–H groups in total. The van der Waals surface area contributed by atoms with Gasteiger partial charge in [0.1, 0.15) is 0 Å². The first kappa shape index (κ1) is 13.0. The summed E-state index contributed by atoms with van der Waals surface area (Å²) >= 11 is 2.04. The van der Waals surface area contributed by atoms with Crippen LogP contribution in [0.4, 0.5) is 0 Å². The molecule has 0 aliphatic carbocycles. The highest BCUT2D eigenvalue weighted by Gasteiger charge is 2.18. The number of aromatic nitrogens is 2. The van der Waals surface area contributed by atoms with E-state index >= 15 is 0 Å². The highest BCUT2D eigenvalue weighted by molar-refractivity contribution is 14.1. The summed E-state index contributed by atoms with van der Waals surface area (Å²) < 4.78 is 2.42. The molecule has 0 saturated carbocycles. The number of rotatable bonds is 3. The Balaban J connectivity index is 1.97. The zero-order chi connectivity index (χ0) is 12.3. The van der Waals surface area contributed by atoms with Crippen LogP contribution >= 0.6 is 22.6 Å². The third-order valence-electron chi connectivity index (χ3n) is 3.48. The summed E-state index contributed by atoms with van der Waals surface area (Å²) in [4.78, 5) is 18.3. The van der Waals surface area contributed by atoms with Crippen LogP contribution < -0.4 is 5.56 Å². The molecule has 1 unspecified atom stereocenters. The second-order valence-corrected chi connectivity index (χ2v) is 5.82. The Morgan fingerprint density at radius 3 is 3.12 bits per heavy atom. The van der Waals surface area contributed by atoms with E-state index in [1.807, 2.05) is 22.6 Å². The van der Waals surface area contributed by atoms with E-state index in [0.717, 1.165) is 13.0 Å². The van der Waals surface area contributed by atoms with Crippen molar-refractivity contribution >= 4 is 22.6 Å². The van der Waals surface area contributed by atoms with Crippen molar-refractivity contribution in [1.29, 1.82) is 0 Å². The van der Waals surface area contributed by atoms with E-state index in [0.29, 0.717) is 9.61 Å². The Morgan fingerprint density at radius 2 is 2.35 bits per heavy atom. The first-order valence-corrected chi connectivity index (χ1v) is 7.16. The van der Waals surface area contributed by atoms with Gasteiger partial charge in [-0.15, -0.1) is 0 Å². The van der Waals surface area contributed by atoms with Crippen LogP contribution in [-0.2, 0) is 6.54 Å². The van der Waals surface area contributed by atoms with Gasteiger partial charge in [0.05, 0.1) is 9.90 Å². The molecule has 0 radical (unpaired) electrons. The first-order chi connectivity index (χ1) is 8.18. The molecule has 1 aliphatic rings. The van der Waals surface area contributed by atoms with Gasteiger partial charge in [0.25, 0.3) is 5.56 Å². The van der Waals surface area contributed by atoms with Crippen molar-refractivity contribution in [2.75, 3.05) is 13.6 Å². The molecule has 0 aromatic carbocycles. The summed E-state index contributed by atoms with van der Waals surface area (Å²) in [5, 5.41) is 0. The van der Waals surface area contributed by atoms with Crippen molar-refractivity contribution in [3.8, 4) is 0 Å².